The quantitative estimate of drug-likeness (QED) is 0.345. The Morgan fingerprint density at radius 2 is 1.82 bits per heavy atom. The van der Waals surface area contributed by atoms with Gasteiger partial charge in [0.25, 0.3) is 0 Å². The van der Waals surface area contributed by atoms with Gasteiger partial charge in [0, 0.05) is 44.6 Å². The van der Waals surface area contributed by atoms with E-state index in [-0.39, 0.29) is 36.6 Å². The van der Waals surface area contributed by atoms with Gasteiger partial charge in [0.15, 0.2) is 0 Å². The molecule has 0 radical (unpaired) electrons. The molecule has 2 heterocycles. The number of carbonyl (C=O) groups is 1. The molecule has 218 valence electrons. The van der Waals surface area contributed by atoms with Gasteiger partial charge in [0.1, 0.15) is 12.4 Å². The minimum Gasteiger partial charge on any atom is -0.496 e. The number of methoxy groups -OCH3 is 1. The molecule has 0 saturated heterocycles. The maximum atomic E-state index is 13.3. The van der Waals surface area contributed by atoms with E-state index in [4.69, 9.17) is 9.47 Å². The molecule has 0 fully saturated rings. The van der Waals surface area contributed by atoms with Crippen molar-refractivity contribution in [3.05, 3.63) is 46.3 Å². The predicted molar refractivity (Wildman–Crippen MR) is 154 cm³/mol. The van der Waals surface area contributed by atoms with E-state index < -0.39 is 10.0 Å². The Bertz CT molecular complexity index is 1250. The first-order valence-corrected chi connectivity index (χ1v) is 15.2. The molecule has 3 rings (SSSR count). The summed E-state index contributed by atoms with van der Waals surface area (Å²) in [5.74, 6) is 0.646. The molecular formula is C29H46N4O5S. The molecule has 1 aliphatic heterocycles. The van der Waals surface area contributed by atoms with Crippen LogP contribution in [-0.4, -0.2) is 87.6 Å². The van der Waals surface area contributed by atoms with Crippen molar-refractivity contribution in [2.45, 2.75) is 71.0 Å². The van der Waals surface area contributed by atoms with Crippen LogP contribution in [0.5, 0.6) is 5.75 Å². The number of hydrogen-bond acceptors (Lipinski definition) is 6. The Labute approximate surface area is 234 Å². The average Bonchev–Trinajstić information content (AvgIpc) is 3.29. The summed E-state index contributed by atoms with van der Waals surface area (Å²) < 4.78 is 41.4. The lowest BCUT2D eigenvalue weighted by Gasteiger charge is -2.38. The van der Waals surface area contributed by atoms with Crippen LogP contribution in [0.3, 0.4) is 0 Å². The lowest BCUT2D eigenvalue weighted by molar-refractivity contribution is -0.140. The van der Waals surface area contributed by atoms with Gasteiger partial charge in [-0.05, 0) is 76.2 Å². The van der Waals surface area contributed by atoms with Crippen molar-refractivity contribution in [1.29, 1.82) is 0 Å². The predicted octanol–water partition coefficient (Wildman–Crippen LogP) is 3.89. The normalized spacial score (nSPS) is 15.7. The molecule has 10 heteroatoms. The Balaban J connectivity index is 1.62. The Morgan fingerprint density at radius 1 is 1.10 bits per heavy atom. The van der Waals surface area contributed by atoms with Gasteiger partial charge < -0.3 is 23.8 Å². The molecule has 1 amide bonds. The molecule has 9 nitrogen and oxygen atoms in total. The number of benzene rings is 1. The molecule has 1 aromatic heterocycles. The van der Waals surface area contributed by atoms with Crippen LogP contribution in [0, 0.1) is 20.8 Å². The van der Waals surface area contributed by atoms with Gasteiger partial charge in [-0.1, -0.05) is 19.8 Å². The number of fused-ring (bicyclic) bond motifs is 1. The van der Waals surface area contributed by atoms with Crippen molar-refractivity contribution in [3.8, 4) is 5.75 Å². The fourth-order valence-corrected chi connectivity index (χ4v) is 6.92. The number of amides is 1. The number of aryl methyl sites for hydroxylation is 1. The van der Waals surface area contributed by atoms with Gasteiger partial charge in [0.05, 0.1) is 24.7 Å². The summed E-state index contributed by atoms with van der Waals surface area (Å²) in [5.41, 5.74) is 4.70. The van der Waals surface area contributed by atoms with Crippen LogP contribution in [0.15, 0.2) is 23.1 Å². The number of nitrogens with zero attached hydrogens (tertiary/aromatic N) is 4. The first-order valence-electron chi connectivity index (χ1n) is 13.7. The molecule has 2 aromatic rings. The molecule has 39 heavy (non-hydrogen) atoms. The van der Waals surface area contributed by atoms with Gasteiger partial charge in [-0.25, -0.2) is 8.42 Å². The van der Waals surface area contributed by atoms with Crippen molar-refractivity contribution >= 4 is 15.9 Å². The summed E-state index contributed by atoms with van der Waals surface area (Å²) in [6.07, 6.45) is 3.01. The summed E-state index contributed by atoms with van der Waals surface area (Å²) in [7, 11) is 3.53. The zero-order valence-electron chi connectivity index (χ0n) is 24.9. The van der Waals surface area contributed by atoms with Crippen molar-refractivity contribution in [2.75, 3.05) is 54.6 Å². The van der Waals surface area contributed by atoms with Gasteiger partial charge in [-0.2, -0.15) is 4.31 Å². The second-order valence-electron chi connectivity index (χ2n) is 10.7. The van der Waals surface area contributed by atoms with E-state index in [2.05, 4.69) is 42.6 Å². The summed E-state index contributed by atoms with van der Waals surface area (Å²) >= 11 is 0. The average molecular weight is 563 g/mol. The van der Waals surface area contributed by atoms with E-state index in [1.807, 2.05) is 18.7 Å². The molecule has 1 aromatic carbocycles. The number of rotatable bonds is 13. The van der Waals surface area contributed by atoms with Gasteiger partial charge in [0.2, 0.25) is 15.9 Å². The zero-order valence-corrected chi connectivity index (χ0v) is 25.7. The molecule has 0 spiro atoms. The molecule has 0 saturated carbocycles. The minimum absolute atomic E-state index is 0.0262. The van der Waals surface area contributed by atoms with Gasteiger partial charge in [-0.15, -0.1) is 0 Å². The monoisotopic (exact) mass is 562 g/mol. The maximum Gasteiger partial charge on any atom is 0.249 e. The van der Waals surface area contributed by atoms with E-state index in [1.54, 1.807) is 27.1 Å². The number of hydrogen-bond donors (Lipinski definition) is 0. The molecule has 1 aliphatic rings. The smallest absolute Gasteiger partial charge is 0.249 e. The second kappa shape index (κ2) is 13.3. The van der Waals surface area contributed by atoms with Crippen LogP contribution in [-0.2, 0) is 32.6 Å². The first-order chi connectivity index (χ1) is 18.4. The van der Waals surface area contributed by atoms with E-state index in [1.165, 1.54) is 15.7 Å². The van der Waals surface area contributed by atoms with E-state index in [0.29, 0.717) is 17.9 Å². The number of likely N-dealkylation sites (N-methyl/N-ethyl adjacent to an activating group) is 1. The highest BCUT2D eigenvalue weighted by atomic mass is 32.2. The SMILES string of the molecule is CCCCC1c2ccc(CN(C)C)n2CCN1C(=O)COCCN(C)S(=O)(=O)c1cc(C)c(OC)c(C)c1C. The molecule has 0 bridgehead atoms. The highest BCUT2D eigenvalue weighted by molar-refractivity contribution is 7.89. The van der Waals surface area contributed by atoms with E-state index >= 15 is 0 Å². The number of ether oxygens (including phenoxy) is 2. The topological polar surface area (TPSA) is 84.3 Å². The third-order valence-corrected chi connectivity index (χ3v) is 9.65. The number of carbonyl (C=O) groups excluding carboxylic acids is 1. The van der Waals surface area contributed by atoms with Gasteiger partial charge in [-0.3, -0.25) is 4.79 Å². The fraction of sp³-hybridized carbons (Fsp3) is 0.621. The molecular weight excluding hydrogens is 516 g/mol. The highest BCUT2D eigenvalue weighted by Crippen LogP contribution is 2.33. The number of aromatic nitrogens is 1. The lowest BCUT2D eigenvalue weighted by atomic mass is 10.0. The van der Waals surface area contributed by atoms with Crippen molar-refractivity contribution < 1.29 is 22.7 Å². The third-order valence-electron chi connectivity index (χ3n) is 7.66. The van der Waals surface area contributed by atoms with Crippen molar-refractivity contribution in [1.82, 2.24) is 18.7 Å². The van der Waals surface area contributed by atoms with Crippen LogP contribution in [0.1, 0.15) is 60.3 Å². The maximum absolute atomic E-state index is 13.3. The standard InChI is InChI=1S/C29H46N4O5S/c1-9-10-11-25-26-13-12-24(19-30(5)6)32(26)14-15-33(25)28(34)20-38-17-16-31(7)39(35,36)27-18-21(2)29(37-8)23(4)22(27)3/h12-13,18,25H,9-11,14-17,19-20H2,1-8H3. The Hall–Kier alpha value is -2.40. The summed E-state index contributed by atoms with van der Waals surface area (Å²) in [4.78, 5) is 17.6. The van der Waals surface area contributed by atoms with E-state index in [9.17, 15) is 13.2 Å². The van der Waals surface area contributed by atoms with Crippen molar-refractivity contribution in [2.24, 2.45) is 0 Å². The lowest BCUT2D eigenvalue weighted by Crippen LogP contribution is -2.44. The Kier molecular flexibility index (Phi) is 10.6. The molecule has 1 atom stereocenters. The largest absolute Gasteiger partial charge is 0.496 e. The van der Waals surface area contributed by atoms with Crippen LogP contribution in [0.4, 0.5) is 0 Å². The minimum atomic E-state index is -3.72. The molecule has 0 aliphatic carbocycles. The van der Waals surface area contributed by atoms with E-state index in [0.717, 1.165) is 43.5 Å². The third kappa shape index (κ3) is 6.85. The fourth-order valence-electron chi connectivity index (χ4n) is 5.40. The first kappa shape index (κ1) is 31.1. The van der Waals surface area contributed by atoms with Crippen LogP contribution >= 0.6 is 0 Å². The molecule has 1 unspecified atom stereocenters. The Morgan fingerprint density at radius 3 is 2.46 bits per heavy atom. The van der Waals surface area contributed by atoms with Gasteiger partial charge >= 0.3 is 0 Å². The number of sulfonamides is 1. The summed E-state index contributed by atoms with van der Waals surface area (Å²) in [6.45, 7) is 10.1. The van der Waals surface area contributed by atoms with Crippen molar-refractivity contribution in [3.63, 3.8) is 0 Å². The summed E-state index contributed by atoms with van der Waals surface area (Å²) in [5, 5.41) is 0. The number of unbranched alkanes of at least 4 members (excludes halogenated alkanes) is 1. The zero-order chi connectivity index (χ0) is 28.9. The summed E-state index contributed by atoms with van der Waals surface area (Å²) in [6, 6.07) is 6.01. The molecule has 0 N–H and O–H groups in total. The van der Waals surface area contributed by atoms with Crippen LogP contribution < -0.4 is 4.74 Å². The highest BCUT2D eigenvalue weighted by Gasteiger charge is 2.32. The van der Waals surface area contributed by atoms with Crippen LogP contribution in [0.2, 0.25) is 0 Å². The van der Waals surface area contributed by atoms with Crippen LogP contribution in [0.25, 0.3) is 0 Å². The second-order valence-corrected chi connectivity index (χ2v) is 12.8.